The monoisotopic (exact) mass is 415 g/mol. The second-order valence-electron chi connectivity index (χ2n) is 7.88. The van der Waals surface area contributed by atoms with Gasteiger partial charge >= 0.3 is 0 Å². The number of aryl methyl sites for hydroxylation is 2. The van der Waals surface area contributed by atoms with Gasteiger partial charge in [0.1, 0.15) is 0 Å². The zero-order valence-corrected chi connectivity index (χ0v) is 18.5. The van der Waals surface area contributed by atoms with Crippen LogP contribution >= 0.6 is 11.3 Å². The van der Waals surface area contributed by atoms with Crippen molar-refractivity contribution in [2.45, 2.75) is 59.7 Å². The molecule has 0 unspecified atom stereocenters. The van der Waals surface area contributed by atoms with E-state index in [9.17, 15) is 9.59 Å². The van der Waals surface area contributed by atoms with Crippen molar-refractivity contribution in [1.29, 1.82) is 0 Å². The average Bonchev–Trinajstić information content (AvgIpc) is 3.02. The number of rotatable bonds is 5. The van der Waals surface area contributed by atoms with Gasteiger partial charge in [-0.2, -0.15) is 0 Å². The highest BCUT2D eigenvalue weighted by Gasteiger charge is 2.33. The van der Waals surface area contributed by atoms with Gasteiger partial charge in [0.15, 0.2) is 5.13 Å². The molecule has 2 amide bonds. The van der Waals surface area contributed by atoms with Crippen LogP contribution in [0.1, 0.15) is 42.6 Å². The first-order chi connectivity index (χ1) is 13.7. The molecule has 0 aliphatic carbocycles. The van der Waals surface area contributed by atoms with E-state index < -0.39 is 0 Å². The summed E-state index contributed by atoms with van der Waals surface area (Å²) in [5.74, 6) is 0.00655. The van der Waals surface area contributed by atoms with Gasteiger partial charge in [0.2, 0.25) is 11.8 Å². The van der Waals surface area contributed by atoms with E-state index in [2.05, 4.69) is 39.2 Å². The molecule has 1 aliphatic rings. The van der Waals surface area contributed by atoms with Gasteiger partial charge in [-0.25, -0.2) is 4.98 Å². The SMILES string of the molecule is CC(=O)Nc1ncc(CN2C[C@@H](Cc3cc(C)nc(C)c3)N(C(C)=O)C[C@@H]2C)s1. The van der Waals surface area contributed by atoms with Crippen LogP contribution in [0.3, 0.4) is 0 Å². The fraction of sp³-hybridized carbons (Fsp3) is 0.524. The van der Waals surface area contributed by atoms with Crippen LogP contribution in [0, 0.1) is 13.8 Å². The third-order valence-corrected chi connectivity index (χ3v) is 6.08. The number of anilines is 1. The van der Waals surface area contributed by atoms with Gasteiger partial charge in [-0.05, 0) is 44.9 Å². The lowest BCUT2D eigenvalue weighted by molar-refractivity contribution is -0.135. The number of hydrogen-bond acceptors (Lipinski definition) is 6. The predicted octanol–water partition coefficient (Wildman–Crippen LogP) is 2.78. The smallest absolute Gasteiger partial charge is 0.223 e. The predicted molar refractivity (Wildman–Crippen MR) is 115 cm³/mol. The maximum atomic E-state index is 12.3. The Labute approximate surface area is 176 Å². The van der Waals surface area contributed by atoms with Crippen molar-refractivity contribution in [2.75, 3.05) is 18.4 Å². The molecule has 3 rings (SSSR count). The van der Waals surface area contributed by atoms with E-state index in [4.69, 9.17) is 0 Å². The Morgan fingerprint density at radius 3 is 2.52 bits per heavy atom. The third-order valence-electron chi connectivity index (χ3n) is 5.18. The largest absolute Gasteiger partial charge is 0.337 e. The van der Waals surface area contributed by atoms with Crippen molar-refractivity contribution in [2.24, 2.45) is 0 Å². The van der Waals surface area contributed by atoms with Crippen molar-refractivity contribution in [1.82, 2.24) is 19.8 Å². The zero-order valence-electron chi connectivity index (χ0n) is 17.7. The highest BCUT2D eigenvalue weighted by molar-refractivity contribution is 7.15. The van der Waals surface area contributed by atoms with Crippen molar-refractivity contribution in [3.8, 4) is 0 Å². The summed E-state index contributed by atoms with van der Waals surface area (Å²) >= 11 is 1.50. The molecule has 7 nitrogen and oxygen atoms in total. The summed E-state index contributed by atoms with van der Waals surface area (Å²) in [6.07, 6.45) is 2.64. The van der Waals surface area contributed by atoms with E-state index in [0.717, 1.165) is 35.8 Å². The lowest BCUT2D eigenvalue weighted by Gasteiger charge is -2.45. The number of nitrogens with one attached hydrogen (secondary N) is 1. The average molecular weight is 416 g/mol. The molecule has 1 N–H and O–H groups in total. The van der Waals surface area contributed by atoms with E-state index in [0.29, 0.717) is 11.7 Å². The number of amides is 2. The summed E-state index contributed by atoms with van der Waals surface area (Å²) in [7, 11) is 0. The minimum Gasteiger partial charge on any atom is -0.337 e. The molecule has 2 atom stereocenters. The Hall–Kier alpha value is -2.32. The molecule has 3 heterocycles. The molecule has 8 heteroatoms. The molecular weight excluding hydrogens is 386 g/mol. The minimum absolute atomic E-state index is 0.114. The third kappa shape index (κ3) is 5.61. The Morgan fingerprint density at radius 1 is 1.21 bits per heavy atom. The highest BCUT2D eigenvalue weighted by Crippen LogP contribution is 2.25. The second-order valence-corrected chi connectivity index (χ2v) is 8.99. The van der Waals surface area contributed by atoms with Gasteiger partial charge in [-0.1, -0.05) is 0 Å². The summed E-state index contributed by atoms with van der Waals surface area (Å²) in [5.41, 5.74) is 3.22. The summed E-state index contributed by atoms with van der Waals surface area (Å²) in [6, 6.07) is 4.59. The molecule has 2 aromatic heterocycles. The Morgan fingerprint density at radius 2 is 1.90 bits per heavy atom. The first-order valence-electron chi connectivity index (χ1n) is 9.89. The normalized spacial score (nSPS) is 20.0. The summed E-state index contributed by atoms with van der Waals surface area (Å²) < 4.78 is 0. The Kier molecular flexibility index (Phi) is 6.64. The lowest BCUT2D eigenvalue weighted by atomic mass is 9.99. The quantitative estimate of drug-likeness (QED) is 0.812. The van der Waals surface area contributed by atoms with Crippen molar-refractivity contribution in [3.63, 3.8) is 0 Å². The van der Waals surface area contributed by atoms with Crippen molar-refractivity contribution >= 4 is 28.3 Å². The van der Waals surface area contributed by atoms with Crippen LogP contribution in [0.4, 0.5) is 5.13 Å². The molecular formula is C21H29N5O2S. The van der Waals surface area contributed by atoms with Gasteiger partial charge in [0.05, 0.1) is 0 Å². The molecule has 2 aromatic rings. The van der Waals surface area contributed by atoms with E-state index in [-0.39, 0.29) is 23.9 Å². The fourth-order valence-corrected chi connectivity index (χ4v) is 4.86. The van der Waals surface area contributed by atoms with Crippen molar-refractivity contribution < 1.29 is 9.59 Å². The van der Waals surface area contributed by atoms with Crippen LogP contribution in [-0.4, -0.2) is 56.8 Å². The van der Waals surface area contributed by atoms with Gasteiger partial charge in [0, 0.05) is 68.0 Å². The van der Waals surface area contributed by atoms with E-state index in [1.54, 1.807) is 6.92 Å². The molecule has 1 fully saturated rings. The van der Waals surface area contributed by atoms with Crippen LogP contribution in [0.25, 0.3) is 0 Å². The van der Waals surface area contributed by atoms with E-state index in [1.807, 2.05) is 24.9 Å². The first-order valence-corrected chi connectivity index (χ1v) is 10.7. The molecule has 0 saturated carbocycles. The lowest BCUT2D eigenvalue weighted by Crippen LogP contribution is -2.58. The number of nitrogens with zero attached hydrogens (tertiary/aromatic N) is 4. The standard InChI is InChI=1S/C21H29N5O2S/c1-13-6-18(7-14(2)23-13)8-19-11-25(15(3)10-26(19)17(5)28)12-20-9-22-21(29-20)24-16(4)27/h6-7,9,15,19H,8,10-12H2,1-5H3,(H,22,24,27)/t15-,19+/m0/s1. The molecule has 29 heavy (non-hydrogen) atoms. The topological polar surface area (TPSA) is 78.4 Å². The van der Waals surface area contributed by atoms with E-state index in [1.165, 1.54) is 23.8 Å². The number of pyridine rings is 1. The number of carbonyl (C=O) groups excluding carboxylic acids is 2. The van der Waals surface area contributed by atoms with Gasteiger partial charge in [-0.3, -0.25) is 19.5 Å². The van der Waals surface area contributed by atoms with Gasteiger partial charge < -0.3 is 10.2 Å². The maximum absolute atomic E-state index is 12.3. The van der Waals surface area contributed by atoms with Crippen LogP contribution < -0.4 is 5.32 Å². The highest BCUT2D eigenvalue weighted by atomic mass is 32.1. The minimum atomic E-state index is -0.114. The van der Waals surface area contributed by atoms with Crippen LogP contribution in [0.5, 0.6) is 0 Å². The number of piperazine rings is 1. The summed E-state index contributed by atoms with van der Waals surface area (Å²) in [4.78, 5) is 37.8. The van der Waals surface area contributed by atoms with Crippen LogP contribution in [-0.2, 0) is 22.6 Å². The molecule has 0 bridgehead atoms. The number of hydrogen-bond donors (Lipinski definition) is 1. The van der Waals surface area contributed by atoms with Crippen molar-refractivity contribution in [3.05, 3.63) is 40.2 Å². The number of aromatic nitrogens is 2. The van der Waals surface area contributed by atoms with Crippen LogP contribution in [0.2, 0.25) is 0 Å². The van der Waals surface area contributed by atoms with Gasteiger partial charge in [0.25, 0.3) is 0 Å². The first kappa shape index (κ1) is 21.4. The molecule has 0 radical (unpaired) electrons. The maximum Gasteiger partial charge on any atom is 0.223 e. The fourth-order valence-electron chi connectivity index (χ4n) is 3.98. The Bertz CT molecular complexity index is 877. The molecule has 1 saturated heterocycles. The molecule has 0 spiro atoms. The van der Waals surface area contributed by atoms with Crippen LogP contribution in [0.15, 0.2) is 18.3 Å². The second kappa shape index (κ2) is 9.00. The number of thiazole rings is 1. The molecule has 0 aromatic carbocycles. The molecule has 156 valence electrons. The molecule has 1 aliphatic heterocycles. The van der Waals surface area contributed by atoms with Gasteiger partial charge in [-0.15, -0.1) is 11.3 Å². The van der Waals surface area contributed by atoms with E-state index >= 15 is 0 Å². The summed E-state index contributed by atoms with van der Waals surface area (Å²) in [5, 5.41) is 3.37. The summed E-state index contributed by atoms with van der Waals surface area (Å²) in [6.45, 7) is 11.6. The number of carbonyl (C=O) groups is 2. The zero-order chi connectivity index (χ0) is 21.1. The Balaban J connectivity index is 1.75.